The van der Waals surface area contributed by atoms with Crippen LogP contribution in [-0.2, 0) is 0 Å². The van der Waals surface area contributed by atoms with Crippen LogP contribution in [0.25, 0.3) is 0 Å². The third-order valence-corrected chi connectivity index (χ3v) is 2.64. The van der Waals surface area contributed by atoms with Crippen LogP contribution in [0.1, 0.15) is 73.6 Å². The smallest absolute Gasteiger partial charge is 0.207 e. The van der Waals surface area contributed by atoms with Gasteiger partial charge in [-0.3, -0.25) is 0 Å². The van der Waals surface area contributed by atoms with Crippen molar-refractivity contribution in [1.82, 2.24) is 0 Å². The largest absolute Gasteiger partial charge is 0.250 e. The lowest BCUT2D eigenvalue weighted by Gasteiger charge is -2.20. The first-order valence-corrected chi connectivity index (χ1v) is 6.74. The molecule has 0 saturated carbocycles. The number of hydrogen-bond donors (Lipinski definition) is 0. The molecule has 0 atom stereocenters. The van der Waals surface area contributed by atoms with E-state index in [9.17, 15) is 8.78 Å². The van der Waals surface area contributed by atoms with Gasteiger partial charge in [0.25, 0.3) is 0 Å². The first-order valence-electron chi connectivity index (χ1n) is 6.74. The zero-order chi connectivity index (χ0) is 13.2. The maximum atomic E-state index is 13.1. The van der Waals surface area contributed by atoms with Crippen LogP contribution in [0.2, 0.25) is 0 Å². The summed E-state index contributed by atoms with van der Waals surface area (Å²) in [6.07, 6.45) is 3.92. The molecule has 0 rings (SSSR count). The highest BCUT2D eigenvalue weighted by Crippen LogP contribution is 2.30. The summed E-state index contributed by atoms with van der Waals surface area (Å²) in [6, 6.07) is 0. The SMILES string of the molecule is CC.CC(C)CCCCCC(F)(F)C(C)C. The van der Waals surface area contributed by atoms with E-state index < -0.39 is 11.8 Å². The van der Waals surface area contributed by atoms with Gasteiger partial charge in [-0.2, -0.15) is 0 Å². The maximum Gasteiger partial charge on any atom is 0.250 e. The van der Waals surface area contributed by atoms with Gasteiger partial charge in [0.1, 0.15) is 0 Å². The van der Waals surface area contributed by atoms with Gasteiger partial charge >= 0.3 is 0 Å². The number of alkyl halides is 2. The Kier molecular flexibility index (Phi) is 11.4. The Bertz CT molecular complexity index is 140. The molecule has 0 saturated heterocycles. The van der Waals surface area contributed by atoms with Crippen molar-refractivity contribution in [2.75, 3.05) is 0 Å². The molecule has 0 fully saturated rings. The van der Waals surface area contributed by atoms with Crippen molar-refractivity contribution in [1.29, 1.82) is 0 Å². The maximum absolute atomic E-state index is 13.1. The molecule has 0 aliphatic rings. The highest BCUT2D eigenvalue weighted by Gasteiger charge is 2.31. The number of halogens is 2. The lowest BCUT2D eigenvalue weighted by atomic mass is 9.98. The van der Waals surface area contributed by atoms with E-state index in [1.807, 2.05) is 13.8 Å². The molecular formula is C14H30F2. The molecule has 0 aromatic heterocycles. The molecule has 0 aliphatic carbocycles. The lowest BCUT2D eigenvalue weighted by Crippen LogP contribution is -2.23. The summed E-state index contributed by atoms with van der Waals surface area (Å²) in [5.41, 5.74) is 0. The highest BCUT2D eigenvalue weighted by atomic mass is 19.3. The molecule has 0 nitrogen and oxygen atoms in total. The van der Waals surface area contributed by atoms with Crippen molar-refractivity contribution in [3.05, 3.63) is 0 Å². The van der Waals surface area contributed by atoms with E-state index in [-0.39, 0.29) is 6.42 Å². The van der Waals surface area contributed by atoms with Gasteiger partial charge < -0.3 is 0 Å². The third-order valence-electron chi connectivity index (χ3n) is 2.64. The summed E-state index contributed by atoms with van der Waals surface area (Å²) in [4.78, 5) is 0. The average molecular weight is 236 g/mol. The average Bonchev–Trinajstić information content (AvgIpc) is 2.19. The van der Waals surface area contributed by atoms with E-state index in [1.54, 1.807) is 13.8 Å². The lowest BCUT2D eigenvalue weighted by molar-refractivity contribution is -0.0540. The van der Waals surface area contributed by atoms with Gasteiger partial charge in [0, 0.05) is 12.3 Å². The Balaban J connectivity index is 0. The van der Waals surface area contributed by atoms with E-state index >= 15 is 0 Å². The second-order valence-corrected chi connectivity index (χ2v) is 4.91. The highest BCUT2D eigenvalue weighted by molar-refractivity contribution is 4.69. The van der Waals surface area contributed by atoms with Gasteiger partial charge in [0.15, 0.2) is 0 Å². The molecule has 0 aromatic rings. The van der Waals surface area contributed by atoms with E-state index in [2.05, 4.69) is 13.8 Å². The number of rotatable bonds is 7. The fraction of sp³-hybridized carbons (Fsp3) is 1.00. The Morgan fingerprint density at radius 1 is 0.875 bits per heavy atom. The zero-order valence-electron chi connectivity index (χ0n) is 11.9. The van der Waals surface area contributed by atoms with Gasteiger partial charge in [-0.05, 0) is 12.3 Å². The summed E-state index contributed by atoms with van der Waals surface area (Å²) in [6.45, 7) is 11.5. The van der Waals surface area contributed by atoms with Crippen molar-refractivity contribution in [3.63, 3.8) is 0 Å². The molecule has 0 radical (unpaired) electrons. The Morgan fingerprint density at radius 2 is 1.38 bits per heavy atom. The minimum atomic E-state index is -2.46. The van der Waals surface area contributed by atoms with Crippen LogP contribution in [0.4, 0.5) is 8.78 Å². The van der Waals surface area contributed by atoms with E-state index in [1.165, 1.54) is 0 Å². The van der Waals surface area contributed by atoms with Crippen molar-refractivity contribution < 1.29 is 8.78 Å². The molecule has 0 bridgehead atoms. The van der Waals surface area contributed by atoms with Gasteiger partial charge in [0.2, 0.25) is 5.92 Å². The van der Waals surface area contributed by atoms with Gasteiger partial charge in [-0.1, -0.05) is 60.8 Å². The molecular weight excluding hydrogens is 206 g/mol. The predicted molar refractivity (Wildman–Crippen MR) is 69.1 cm³/mol. The normalized spacial score (nSPS) is 11.6. The summed E-state index contributed by atoms with van der Waals surface area (Å²) < 4.78 is 26.3. The van der Waals surface area contributed by atoms with Crippen LogP contribution >= 0.6 is 0 Å². The molecule has 0 aliphatic heterocycles. The van der Waals surface area contributed by atoms with Crippen molar-refractivity contribution in [3.8, 4) is 0 Å². The first-order chi connectivity index (χ1) is 7.36. The molecule has 100 valence electrons. The van der Waals surface area contributed by atoms with E-state index in [0.29, 0.717) is 12.3 Å². The summed E-state index contributed by atoms with van der Waals surface area (Å²) in [5, 5.41) is 0. The molecule has 0 heterocycles. The zero-order valence-corrected chi connectivity index (χ0v) is 11.9. The van der Waals surface area contributed by atoms with Crippen LogP contribution in [0.5, 0.6) is 0 Å². The standard InChI is InChI=1S/C12H24F2.C2H6/c1-10(2)8-6-5-7-9-12(13,14)11(3)4;1-2/h10-11H,5-9H2,1-4H3;1-2H3. The van der Waals surface area contributed by atoms with E-state index in [0.717, 1.165) is 19.3 Å². The van der Waals surface area contributed by atoms with Crippen LogP contribution in [0, 0.1) is 11.8 Å². The Labute approximate surface area is 101 Å². The third kappa shape index (κ3) is 10.4. The first kappa shape index (κ1) is 18.2. The molecule has 0 unspecified atom stereocenters. The predicted octanol–water partition coefficient (Wildman–Crippen LogP) is 5.91. The van der Waals surface area contributed by atoms with Crippen molar-refractivity contribution in [2.45, 2.75) is 79.6 Å². The second kappa shape index (κ2) is 10.0. The van der Waals surface area contributed by atoms with Crippen molar-refractivity contribution in [2.24, 2.45) is 11.8 Å². The number of unbranched alkanes of at least 4 members (excludes halogenated alkanes) is 2. The monoisotopic (exact) mass is 236 g/mol. The van der Waals surface area contributed by atoms with Gasteiger partial charge in [0.05, 0.1) is 0 Å². The molecule has 2 heteroatoms. The molecule has 0 N–H and O–H groups in total. The minimum absolute atomic E-state index is 0.0583. The second-order valence-electron chi connectivity index (χ2n) is 4.91. The van der Waals surface area contributed by atoms with Crippen LogP contribution in [-0.4, -0.2) is 5.92 Å². The van der Waals surface area contributed by atoms with Gasteiger partial charge in [-0.25, -0.2) is 8.78 Å². The fourth-order valence-corrected chi connectivity index (χ4v) is 1.38. The summed E-state index contributed by atoms with van der Waals surface area (Å²) in [7, 11) is 0. The Hall–Kier alpha value is -0.140. The summed E-state index contributed by atoms with van der Waals surface area (Å²) in [5.74, 6) is -2.29. The topological polar surface area (TPSA) is 0 Å². The van der Waals surface area contributed by atoms with Crippen LogP contribution in [0.15, 0.2) is 0 Å². The molecule has 0 aromatic carbocycles. The van der Waals surface area contributed by atoms with Crippen molar-refractivity contribution >= 4 is 0 Å². The molecule has 16 heavy (non-hydrogen) atoms. The van der Waals surface area contributed by atoms with Crippen LogP contribution in [0.3, 0.4) is 0 Å². The molecule has 0 spiro atoms. The molecule has 0 amide bonds. The van der Waals surface area contributed by atoms with Gasteiger partial charge in [-0.15, -0.1) is 0 Å². The quantitative estimate of drug-likeness (QED) is 0.482. The number of hydrogen-bond acceptors (Lipinski definition) is 0. The van der Waals surface area contributed by atoms with E-state index in [4.69, 9.17) is 0 Å². The fourth-order valence-electron chi connectivity index (χ4n) is 1.38. The minimum Gasteiger partial charge on any atom is -0.207 e. The van der Waals surface area contributed by atoms with Crippen LogP contribution < -0.4 is 0 Å². The Morgan fingerprint density at radius 3 is 1.75 bits per heavy atom. The summed E-state index contributed by atoms with van der Waals surface area (Å²) >= 11 is 0.